The number of halogens is 1. The van der Waals surface area contributed by atoms with Crippen LogP contribution in [0.3, 0.4) is 0 Å². The molecule has 1 saturated heterocycles. The van der Waals surface area contributed by atoms with Crippen molar-refractivity contribution in [3.63, 3.8) is 0 Å². The van der Waals surface area contributed by atoms with Gasteiger partial charge >= 0.3 is 0 Å². The Balaban J connectivity index is 1.65. The molecule has 2 atom stereocenters. The topological polar surface area (TPSA) is 23.6 Å². The smallest absolute Gasteiger partial charge is 0.144 e. The number of fused-ring (bicyclic) bond motifs is 1. The Bertz CT molecular complexity index is 734. The molecule has 0 aliphatic carbocycles. The molecule has 0 radical (unpaired) electrons. The summed E-state index contributed by atoms with van der Waals surface area (Å²) in [5.41, 5.74) is 3.68. The zero-order valence-electron chi connectivity index (χ0n) is 13.6. The van der Waals surface area contributed by atoms with Gasteiger partial charge in [0.15, 0.2) is 0 Å². The Labute approximate surface area is 147 Å². The minimum atomic E-state index is -0.103. The molecule has 0 N–H and O–H groups in total. The summed E-state index contributed by atoms with van der Waals surface area (Å²) < 4.78 is 0. The van der Waals surface area contributed by atoms with Crippen LogP contribution in [-0.4, -0.2) is 31.5 Å². The van der Waals surface area contributed by atoms with Gasteiger partial charge in [-0.15, -0.1) is 0 Å². The highest BCUT2D eigenvalue weighted by atomic mass is 35.5. The van der Waals surface area contributed by atoms with Crippen LogP contribution in [0, 0.1) is 0 Å². The second kappa shape index (κ2) is 6.48. The predicted molar refractivity (Wildman–Crippen MR) is 99.2 cm³/mol. The van der Waals surface area contributed by atoms with Crippen LogP contribution in [-0.2, 0) is 11.2 Å². The van der Waals surface area contributed by atoms with E-state index in [1.54, 1.807) is 0 Å². The van der Waals surface area contributed by atoms with Crippen LogP contribution >= 0.6 is 11.6 Å². The fourth-order valence-electron chi connectivity index (χ4n) is 4.16. The largest absolute Gasteiger partial charge is 0.366 e. The number of anilines is 2. The highest BCUT2D eigenvalue weighted by molar-refractivity contribution is 6.30. The number of aldehydes is 1. The van der Waals surface area contributed by atoms with Gasteiger partial charge in [0.1, 0.15) is 12.3 Å². The SMILES string of the molecule is O=CC1[C@@H](N2CCCc3cc(Cl)ccc32)CCN1c1ccccc1. The molecule has 2 aliphatic heterocycles. The van der Waals surface area contributed by atoms with Crippen LogP contribution < -0.4 is 9.80 Å². The van der Waals surface area contributed by atoms with Crippen molar-refractivity contribution in [1.29, 1.82) is 0 Å². The lowest BCUT2D eigenvalue weighted by molar-refractivity contribution is -0.109. The summed E-state index contributed by atoms with van der Waals surface area (Å²) >= 11 is 6.16. The van der Waals surface area contributed by atoms with Crippen molar-refractivity contribution >= 4 is 29.3 Å². The number of carbonyl (C=O) groups excluding carboxylic acids is 1. The number of nitrogens with zero attached hydrogens (tertiary/aromatic N) is 2. The lowest BCUT2D eigenvalue weighted by atomic mass is 9.97. The number of benzene rings is 2. The van der Waals surface area contributed by atoms with E-state index in [4.69, 9.17) is 11.6 Å². The van der Waals surface area contributed by atoms with Gasteiger partial charge in [0.05, 0.1) is 6.04 Å². The summed E-state index contributed by atoms with van der Waals surface area (Å²) in [6, 6.07) is 16.5. The molecule has 24 heavy (non-hydrogen) atoms. The lowest BCUT2D eigenvalue weighted by Gasteiger charge is -2.38. The molecular formula is C20H21ClN2O. The maximum Gasteiger partial charge on any atom is 0.144 e. The van der Waals surface area contributed by atoms with Crippen molar-refractivity contribution in [1.82, 2.24) is 0 Å². The van der Waals surface area contributed by atoms with Gasteiger partial charge in [-0.3, -0.25) is 0 Å². The summed E-state index contributed by atoms with van der Waals surface area (Å²) in [7, 11) is 0. The highest BCUT2D eigenvalue weighted by Gasteiger charge is 2.39. The molecule has 4 rings (SSSR count). The first-order valence-corrected chi connectivity index (χ1v) is 8.98. The molecule has 1 fully saturated rings. The fraction of sp³-hybridized carbons (Fsp3) is 0.350. The molecule has 4 heteroatoms. The quantitative estimate of drug-likeness (QED) is 0.791. The Kier molecular flexibility index (Phi) is 4.19. The average Bonchev–Trinajstić information content (AvgIpc) is 3.05. The number of rotatable bonds is 3. The molecule has 0 saturated carbocycles. The summed E-state index contributed by atoms with van der Waals surface area (Å²) in [5, 5.41) is 0.792. The molecule has 3 nitrogen and oxygen atoms in total. The summed E-state index contributed by atoms with van der Waals surface area (Å²) in [4.78, 5) is 16.6. The maximum absolute atomic E-state index is 11.9. The molecule has 0 bridgehead atoms. The average molecular weight is 341 g/mol. The normalized spacial score (nSPS) is 23.2. The minimum Gasteiger partial charge on any atom is -0.366 e. The zero-order chi connectivity index (χ0) is 16.5. The van der Waals surface area contributed by atoms with Crippen molar-refractivity contribution in [3.05, 3.63) is 59.1 Å². The number of hydrogen-bond donors (Lipinski definition) is 0. The van der Waals surface area contributed by atoms with Crippen LogP contribution in [0.25, 0.3) is 0 Å². The molecule has 124 valence electrons. The second-order valence-electron chi connectivity index (χ2n) is 6.58. The standard InChI is InChI=1S/C20H21ClN2O/c21-16-8-9-18-15(13-16)5-4-11-23(18)19-10-12-22(20(19)14-24)17-6-2-1-3-7-17/h1-3,6-9,13-14,19-20H,4-5,10-12H2/t19-,20?/m0/s1. The van der Waals surface area contributed by atoms with Crippen molar-refractivity contribution in [2.75, 3.05) is 22.9 Å². The summed E-state index contributed by atoms with van der Waals surface area (Å²) in [5.74, 6) is 0. The van der Waals surface area contributed by atoms with Crippen molar-refractivity contribution in [2.45, 2.75) is 31.3 Å². The zero-order valence-corrected chi connectivity index (χ0v) is 14.3. The molecule has 2 aliphatic rings. The van der Waals surface area contributed by atoms with E-state index in [0.29, 0.717) is 0 Å². The van der Waals surface area contributed by atoms with Crippen LogP contribution in [0.1, 0.15) is 18.4 Å². The van der Waals surface area contributed by atoms with Crippen LogP contribution in [0.4, 0.5) is 11.4 Å². The van der Waals surface area contributed by atoms with Crippen molar-refractivity contribution in [2.24, 2.45) is 0 Å². The second-order valence-corrected chi connectivity index (χ2v) is 7.02. The first kappa shape index (κ1) is 15.5. The van der Waals surface area contributed by atoms with Crippen molar-refractivity contribution < 1.29 is 4.79 Å². The lowest BCUT2D eigenvalue weighted by Crippen LogP contribution is -2.48. The van der Waals surface area contributed by atoms with E-state index in [0.717, 1.165) is 49.3 Å². The van der Waals surface area contributed by atoms with E-state index in [9.17, 15) is 4.79 Å². The molecule has 0 aromatic heterocycles. The Hall–Kier alpha value is -2.00. The van der Waals surface area contributed by atoms with Crippen molar-refractivity contribution in [3.8, 4) is 0 Å². The van der Waals surface area contributed by atoms with Gasteiger partial charge < -0.3 is 14.6 Å². The van der Waals surface area contributed by atoms with E-state index in [1.807, 2.05) is 24.3 Å². The van der Waals surface area contributed by atoms with Crippen LogP contribution in [0.2, 0.25) is 5.02 Å². The van der Waals surface area contributed by atoms with Gasteiger partial charge in [-0.1, -0.05) is 29.8 Å². The Morgan fingerprint density at radius 1 is 1.04 bits per heavy atom. The third-order valence-electron chi connectivity index (χ3n) is 5.24. The molecule has 2 aromatic rings. The molecule has 1 unspecified atom stereocenters. The molecule has 0 amide bonds. The molecule has 0 spiro atoms. The third kappa shape index (κ3) is 2.67. The van der Waals surface area contributed by atoms with Gasteiger partial charge in [0.25, 0.3) is 0 Å². The highest BCUT2D eigenvalue weighted by Crippen LogP contribution is 2.36. The monoisotopic (exact) mass is 340 g/mol. The minimum absolute atomic E-state index is 0.103. The first-order valence-electron chi connectivity index (χ1n) is 8.60. The molecule has 2 heterocycles. The van der Waals surface area contributed by atoms with Gasteiger partial charge in [-0.2, -0.15) is 0 Å². The Morgan fingerprint density at radius 3 is 2.67 bits per heavy atom. The Morgan fingerprint density at radius 2 is 1.88 bits per heavy atom. The number of hydrogen-bond acceptors (Lipinski definition) is 3. The first-order chi connectivity index (χ1) is 11.8. The van der Waals surface area contributed by atoms with Gasteiger partial charge in [0.2, 0.25) is 0 Å². The number of aryl methyl sites for hydroxylation is 1. The van der Waals surface area contributed by atoms with Gasteiger partial charge in [-0.05, 0) is 55.2 Å². The van der Waals surface area contributed by atoms with E-state index >= 15 is 0 Å². The number of carbonyl (C=O) groups is 1. The van der Waals surface area contributed by atoms with Crippen LogP contribution in [0.15, 0.2) is 48.5 Å². The number of para-hydroxylation sites is 1. The van der Waals surface area contributed by atoms with Crippen LogP contribution in [0.5, 0.6) is 0 Å². The summed E-state index contributed by atoms with van der Waals surface area (Å²) in [6.07, 6.45) is 4.29. The van der Waals surface area contributed by atoms with E-state index < -0.39 is 0 Å². The molecule has 2 aromatic carbocycles. The van der Waals surface area contributed by atoms with Gasteiger partial charge in [-0.25, -0.2) is 0 Å². The maximum atomic E-state index is 11.9. The fourth-order valence-corrected chi connectivity index (χ4v) is 4.36. The molecular weight excluding hydrogens is 320 g/mol. The predicted octanol–water partition coefficient (Wildman–Crippen LogP) is 3.94. The third-order valence-corrected chi connectivity index (χ3v) is 5.48. The van der Waals surface area contributed by atoms with Gasteiger partial charge in [0, 0.05) is 29.5 Å². The van der Waals surface area contributed by atoms with E-state index in [2.05, 4.69) is 34.1 Å². The summed E-state index contributed by atoms with van der Waals surface area (Å²) in [6.45, 7) is 1.92. The van der Waals surface area contributed by atoms with E-state index in [1.165, 1.54) is 11.3 Å². The van der Waals surface area contributed by atoms with E-state index in [-0.39, 0.29) is 12.1 Å².